The largest absolute Gasteiger partial charge is 0.454 e. The minimum Gasteiger partial charge on any atom is -0.454 e. The van der Waals surface area contributed by atoms with Gasteiger partial charge in [0.05, 0.1) is 5.56 Å². The van der Waals surface area contributed by atoms with Crippen molar-refractivity contribution >= 4 is 5.91 Å². The lowest BCUT2D eigenvalue weighted by atomic mass is 9.98. The Balaban J connectivity index is 1.87. The van der Waals surface area contributed by atoms with Crippen LogP contribution in [0.3, 0.4) is 0 Å². The van der Waals surface area contributed by atoms with Crippen LogP contribution in [-0.2, 0) is 0 Å². The van der Waals surface area contributed by atoms with Gasteiger partial charge in [-0.3, -0.25) is 4.79 Å². The van der Waals surface area contributed by atoms with Crippen LogP contribution in [0.15, 0.2) is 18.2 Å². The van der Waals surface area contributed by atoms with Gasteiger partial charge in [0.15, 0.2) is 11.5 Å². The van der Waals surface area contributed by atoms with Crippen LogP contribution in [0.5, 0.6) is 11.5 Å². The smallest absolute Gasteiger partial charge is 0.258 e. The summed E-state index contributed by atoms with van der Waals surface area (Å²) >= 11 is 0. The predicted octanol–water partition coefficient (Wildman–Crippen LogP) is 1.37. The van der Waals surface area contributed by atoms with Gasteiger partial charge in [0.2, 0.25) is 6.79 Å². The van der Waals surface area contributed by atoms with E-state index in [1.807, 2.05) is 24.0 Å². The van der Waals surface area contributed by atoms with Gasteiger partial charge in [0.1, 0.15) is 0 Å². The molecule has 1 aromatic carbocycles. The van der Waals surface area contributed by atoms with Crippen molar-refractivity contribution in [3.05, 3.63) is 23.8 Å². The number of rotatable bonds is 1. The van der Waals surface area contributed by atoms with E-state index >= 15 is 0 Å². The molecular weight excluding hydrogens is 244 g/mol. The molecule has 5 nitrogen and oxygen atoms in total. The molecule has 5 heteroatoms. The van der Waals surface area contributed by atoms with Gasteiger partial charge in [-0.15, -0.1) is 0 Å². The molecule has 0 spiro atoms. The lowest BCUT2D eigenvalue weighted by molar-refractivity contribution is 0.0614. The normalized spacial score (nSPS) is 25.5. The number of hydrogen-bond acceptors (Lipinski definition) is 4. The number of ether oxygens (including phenoxy) is 2. The molecule has 2 unspecified atom stereocenters. The number of para-hydroxylation sites is 1. The van der Waals surface area contributed by atoms with Crippen molar-refractivity contribution in [3.63, 3.8) is 0 Å². The van der Waals surface area contributed by atoms with E-state index < -0.39 is 0 Å². The summed E-state index contributed by atoms with van der Waals surface area (Å²) in [6.07, 6.45) is 1.70. The number of likely N-dealkylation sites (tertiary alicyclic amines) is 1. The molecule has 0 aliphatic carbocycles. The average molecular weight is 262 g/mol. The highest BCUT2D eigenvalue weighted by molar-refractivity contribution is 5.98. The van der Waals surface area contributed by atoms with Crippen molar-refractivity contribution in [2.45, 2.75) is 31.8 Å². The number of hydrogen-bond donors (Lipinski definition) is 1. The Bertz CT molecular complexity index is 503. The number of benzene rings is 1. The van der Waals surface area contributed by atoms with Crippen LogP contribution in [0.2, 0.25) is 0 Å². The van der Waals surface area contributed by atoms with E-state index in [1.165, 1.54) is 0 Å². The molecule has 0 saturated carbocycles. The van der Waals surface area contributed by atoms with Gasteiger partial charge in [-0.1, -0.05) is 6.07 Å². The Morgan fingerprint density at radius 1 is 1.42 bits per heavy atom. The van der Waals surface area contributed by atoms with E-state index in [9.17, 15) is 4.79 Å². The molecule has 102 valence electrons. The van der Waals surface area contributed by atoms with Crippen LogP contribution >= 0.6 is 0 Å². The number of nitrogens with zero attached hydrogens (tertiary/aromatic N) is 1. The fourth-order valence-electron chi connectivity index (χ4n) is 2.76. The molecule has 2 aliphatic rings. The van der Waals surface area contributed by atoms with Crippen molar-refractivity contribution in [1.29, 1.82) is 0 Å². The van der Waals surface area contributed by atoms with Crippen LogP contribution in [0, 0.1) is 0 Å². The molecule has 2 N–H and O–H groups in total. The van der Waals surface area contributed by atoms with Crippen molar-refractivity contribution in [1.82, 2.24) is 4.90 Å². The highest BCUT2D eigenvalue weighted by Crippen LogP contribution is 2.36. The average Bonchev–Trinajstić information content (AvgIpc) is 2.86. The first-order chi connectivity index (χ1) is 9.16. The Morgan fingerprint density at radius 2 is 2.26 bits per heavy atom. The second kappa shape index (κ2) is 4.74. The lowest BCUT2D eigenvalue weighted by Crippen LogP contribution is -2.48. The summed E-state index contributed by atoms with van der Waals surface area (Å²) < 4.78 is 10.7. The van der Waals surface area contributed by atoms with Gasteiger partial charge in [0, 0.05) is 18.6 Å². The van der Waals surface area contributed by atoms with Crippen molar-refractivity contribution in [3.8, 4) is 11.5 Å². The zero-order valence-electron chi connectivity index (χ0n) is 11.0. The molecule has 0 bridgehead atoms. The Kier molecular flexibility index (Phi) is 3.06. The Labute approximate surface area is 112 Å². The highest BCUT2D eigenvalue weighted by atomic mass is 16.7. The summed E-state index contributed by atoms with van der Waals surface area (Å²) in [6.45, 7) is 2.92. The molecule has 3 rings (SSSR count). The molecule has 19 heavy (non-hydrogen) atoms. The molecule has 2 aliphatic heterocycles. The standard InChI is InChI=1S/C14H18N2O3/c1-9-7-10(15)5-6-16(9)14(17)11-3-2-4-12-13(11)19-8-18-12/h2-4,9-10H,5-8,15H2,1H3. The Morgan fingerprint density at radius 3 is 3.05 bits per heavy atom. The maximum Gasteiger partial charge on any atom is 0.258 e. The molecule has 1 fully saturated rings. The first kappa shape index (κ1) is 12.3. The van der Waals surface area contributed by atoms with Gasteiger partial charge < -0.3 is 20.1 Å². The zero-order valence-corrected chi connectivity index (χ0v) is 11.0. The monoisotopic (exact) mass is 262 g/mol. The SMILES string of the molecule is CC1CC(N)CCN1C(=O)c1cccc2c1OCO2. The maximum atomic E-state index is 12.6. The van der Waals surface area contributed by atoms with E-state index in [2.05, 4.69) is 0 Å². The molecule has 0 radical (unpaired) electrons. The summed E-state index contributed by atoms with van der Waals surface area (Å²) in [5, 5.41) is 0. The molecule has 1 amide bonds. The van der Waals surface area contributed by atoms with Gasteiger partial charge >= 0.3 is 0 Å². The van der Waals surface area contributed by atoms with E-state index in [0.717, 1.165) is 12.8 Å². The van der Waals surface area contributed by atoms with Crippen molar-refractivity contribution < 1.29 is 14.3 Å². The summed E-state index contributed by atoms with van der Waals surface area (Å²) in [5.41, 5.74) is 6.51. The van der Waals surface area contributed by atoms with Crippen LogP contribution in [0.25, 0.3) is 0 Å². The first-order valence-electron chi connectivity index (χ1n) is 6.62. The van der Waals surface area contributed by atoms with E-state index in [1.54, 1.807) is 6.07 Å². The fraction of sp³-hybridized carbons (Fsp3) is 0.500. The molecule has 2 atom stereocenters. The molecule has 1 aromatic rings. The number of nitrogens with two attached hydrogens (primary N) is 1. The first-order valence-corrected chi connectivity index (χ1v) is 6.62. The van der Waals surface area contributed by atoms with Crippen LogP contribution in [0.1, 0.15) is 30.1 Å². The molecule has 1 saturated heterocycles. The van der Waals surface area contributed by atoms with Gasteiger partial charge in [-0.25, -0.2) is 0 Å². The maximum absolute atomic E-state index is 12.6. The van der Waals surface area contributed by atoms with Gasteiger partial charge in [-0.05, 0) is 31.9 Å². The van der Waals surface area contributed by atoms with Crippen molar-refractivity contribution in [2.75, 3.05) is 13.3 Å². The second-order valence-electron chi connectivity index (χ2n) is 5.17. The van der Waals surface area contributed by atoms with Crippen LogP contribution < -0.4 is 15.2 Å². The van der Waals surface area contributed by atoms with E-state index in [0.29, 0.717) is 23.6 Å². The minimum absolute atomic E-state index is 0.00162. The number of fused-ring (bicyclic) bond motifs is 1. The molecular formula is C14H18N2O3. The summed E-state index contributed by atoms with van der Waals surface area (Å²) in [5.74, 6) is 1.21. The summed E-state index contributed by atoms with van der Waals surface area (Å²) in [4.78, 5) is 14.5. The number of carbonyl (C=O) groups excluding carboxylic acids is 1. The number of amides is 1. The molecule has 2 heterocycles. The van der Waals surface area contributed by atoms with E-state index in [-0.39, 0.29) is 24.8 Å². The third kappa shape index (κ3) is 2.14. The quantitative estimate of drug-likeness (QED) is 0.830. The molecule has 0 aromatic heterocycles. The fourth-order valence-corrected chi connectivity index (χ4v) is 2.76. The van der Waals surface area contributed by atoms with Crippen LogP contribution in [-0.4, -0.2) is 36.2 Å². The predicted molar refractivity (Wildman–Crippen MR) is 70.3 cm³/mol. The van der Waals surface area contributed by atoms with Crippen molar-refractivity contribution in [2.24, 2.45) is 5.73 Å². The second-order valence-corrected chi connectivity index (χ2v) is 5.17. The van der Waals surface area contributed by atoms with Gasteiger partial charge in [0.25, 0.3) is 5.91 Å². The third-order valence-corrected chi connectivity index (χ3v) is 3.80. The Hall–Kier alpha value is -1.75. The number of carbonyl (C=O) groups is 1. The van der Waals surface area contributed by atoms with Crippen LogP contribution in [0.4, 0.5) is 0 Å². The van der Waals surface area contributed by atoms with Gasteiger partial charge in [-0.2, -0.15) is 0 Å². The summed E-state index contributed by atoms with van der Waals surface area (Å²) in [6, 6.07) is 5.78. The zero-order chi connectivity index (χ0) is 13.4. The highest BCUT2D eigenvalue weighted by Gasteiger charge is 2.31. The lowest BCUT2D eigenvalue weighted by Gasteiger charge is -2.36. The third-order valence-electron chi connectivity index (χ3n) is 3.80. The minimum atomic E-state index is 0.00162. The van der Waals surface area contributed by atoms with E-state index in [4.69, 9.17) is 15.2 Å². The number of piperidine rings is 1. The topological polar surface area (TPSA) is 64.8 Å². The summed E-state index contributed by atoms with van der Waals surface area (Å²) in [7, 11) is 0.